The Labute approximate surface area is 165 Å². The number of fused-ring (bicyclic) bond motifs is 3. The number of carbonyl (C=O) groups excluding carboxylic acids is 2. The fourth-order valence-corrected chi connectivity index (χ4v) is 11.2. The van der Waals surface area contributed by atoms with Crippen LogP contribution < -0.4 is 3.87 Å². The first kappa shape index (κ1) is 18.8. The fourth-order valence-electron chi connectivity index (χ4n) is 4.50. The molecule has 0 heterocycles. The van der Waals surface area contributed by atoms with Gasteiger partial charge in [-0.3, -0.25) is 0 Å². The molecule has 2 aromatic rings. The molecule has 0 N–H and O–H groups in total. The van der Waals surface area contributed by atoms with Gasteiger partial charge >= 0.3 is 166 Å². The molecule has 142 valence electrons. The van der Waals surface area contributed by atoms with Gasteiger partial charge in [-0.2, -0.15) is 0 Å². The average Bonchev–Trinajstić information content (AvgIpc) is 3.28. The van der Waals surface area contributed by atoms with Crippen LogP contribution >= 0.6 is 0 Å². The Morgan fingerprint density at radius 3 is 2.29 bits per heavy atom. The molecule has 2 aliphatic rings. The molecule has 0 spiro atoms. The van der Waals surface area contributed by atoms with Gasteiger partial charge in [-0.05, 0) is 0 Å². The molecule has 0 unspecified atom stereocenters. The van der Waals surface area contributed by atoms with E-state index in [9.17, 15) is 9.59 Å². The van der Waals surface area contributed by atoms with Crippen LogP contribution in [-0.2, 0) is 38.3 Å². The van der Waals surface area contributed by atoms with Crippen molar-refractivity contribution in [2.45, 2.75) is 26.7 Å². The summed E-state index contributed by atoms with van der Waals surface area (Å²) < 4.78 is 13.6. The van der Waals surface area contributed by atoms with E-state index in [2.05, 4.69) is 23.0 Å². The van der Waals surface area contributed by atoms with E-state index in [1.807, 2.05) is 42.5 Å². The van der Waals surface area contributed by atoms with Gasteiger partial charge in [0.15, 0.2) is 0 Å². The standard InChI is InChI=1S/C13H9.C5H5.2C2H4O2.CH2.Ti/c1-3-7-12-10(5-1)9-11-6-2-4-8-13(11)12;1-2-4-5-3-1;2*1-2(3)4;;/h1-5,7-8H,9H2;1-3H,4H2;2*1H3,(H,3,4);1H2;/q;;;;;+2/p-2. The van der Waals surface area contributed by atoms with E-state index in [-0.39, 0.29) is 0 Å². The average molecular weight is 410 g/mol. The molecule has 4 rings (SSSR count). The first-order valence-corrected chi connectivity index (χ1v) is 13.3. The summed E-state index contributed by atoms with van der Waals surface area (Å²) in [5, 5.41) is 0. The summed E-state index contributed by atoms with van der Waals surface area (Å²) in [6.45, 7) is 2.69. The molecule has 0 amide bonds. The van der Waals surface area contributed by atoms with Crippen LogP contribution in [-0.4, -0.2) is 16.8 Å². The van der Waals surface area contributed by atoms with Crippen molar-refractivity contribution >= 4 is 20.6 Å². The SMILES string of the molecule is [CH2]=[Ti]([O]C(C)=O)([O]C(C)=O)([C]1=CC=CC1)[c]1cccc2c1Cc1ccccc1-2. The van der Waals surface area contributed by atoms with Crippen LogP contribution in [0.3, 0.4) is 0 Å². The summed E-state index contributed by atoms with van der Waals surface area (Å²) in [7, 11) is 0. The zero-order chi connectivity index (χ0) is 20.0. The molecule has 2 aromatic carbocycles. The molecule has 0 aliphatic heterocycles. The fraction of sp³-hybridized carbons (Fsp3) is 0.174. The van der Waals surface area contributed by atoms with Crippen LogP contribution in [0.2, 0.25) is 0 Å². The van der Waals surface area contributed by atoms with Crippen molar-refractivity contribution in [1.82, 2.24) is 0 Å². The van der Waals surface area contributed by atoms with Crippen LogP contribution in [0.15, 0.2) is 64.6 Å². The Hall–Kier alpha value is -2.56. The van der Waals surface area contributed by atoms with Crippen LogP contribution in [0.25, 0.3) is 11.1 Å². The van der Waals surface area contributed by atoms with E-state index in [0.29, 0.717) is 12.8 Å². The van der Waals surface area contributed by atoms with Gasteiger partial charge in [-0.25, -0.2) is 0 Å². The Kier molecular flexibility index (Phi) is 4.37. The Morgan fingerprint density at radius 1 is 0.964 bits per heavy atom. The number of allylic oxidation sites excluding steroid dienone is 4. The van der Waals surface area contributed by atoms with Crippen molar-refractivity contribution in [2.24, 2.45) is 0 Å². The van der Waals surface area contributed by atoms with Crippen molar-refractivity contribution in [3.05, 3.63) is 75.7 Å². The number of rotatable bonds is 4. The number of hydrogen-bond acceptors (Lipinski definition) is 4. The normalized spacial score (nSPS) is 14.9. The minimum atomic E-state index is -5.13. The van der Waals surface area contributed by atoms with Gasteiger partial charge in [0.1, 0.15) is 0 Å². The van der Waals surface area contributed by atoms with Crippen molar-refractivity contribution in [2.75, 3.05) is 0 Å². The molecular weight excluding hydrogens is 388 g/mol. The van der Waals surface area contributed by atoms with Crippen molar-refractivity contribution in [3.63, 3.8) is 0 Å². The van der Waals surface area contributed by atoms with Gasteiger partial charge in [-0.1, -0.05) is 0 Å². The van der Waals surface area contributed by atoms with E-state index in [1.165, 1.54) is 19.4 Å². The number of hydrogen-bond donors (Lipinski definition) is 0. The minimum absolute atomic E-state index is 0.492. The summed E-state index contributed by atoms with van der Waals surface area (Å²) in [6, 6.07) is 14.1. The number of benzene rings is 2. The molecule has 0 atom stereocenters. The van der Waals surface area contributed by atoms with Gasteiger partial charge < -0.3 is 0 Å². The van der Waals surface area contributed by atoms with E-state index in [0.717, 1.165) is 24.4 Å². The summed E-state index contributed by atoms with van der Waals surface area (Å²) in [5.74, 6) is -0.983. The van der Waals surface area contributed by atoms with Gasteiger partial charge in [-0.15, -0.1) is 0 Å². The molecule has 0 fully saturated rings. The summed E-state index contributed by atoms with van der Waals surface area (Å²) >= 11 is -5.13. The van der Waals surface area contributed by atoms with Crippen LogP contribution in [0.4, 0.5) is 0 Å². The van der Waals surface area contributed by atoms with E-state index in [4.69, 9.17) is 6.64 Å². The summed E-state index contributed by atoms with van der Waals surface area (Å²) in [4.78, 5) is 29.0. The van der Waals surface area contributed by atoms with E-state index in [1.54, 1.807) is 0 Å². The van der Waals surface area contributed by atoms with E-state index < -0.39 is 27.6 Å². The van der Waals surface area contributed by atoms with Crippen LogP contribution in [0.1, 0.15) is 31.4 Å². The Bertz CT molecular complexity index is 1120. The Balaban J connectivity index is 2.04. The summed E-state index contributed by atoms with van der Waals surface area (Å²) in [5.41, 5.74) is 4.48. The second-order valence-electron chi connectivity index (χ2n) is 7.44. The first-order valence-electron chi connectivity index (χ1n) is 9.32. The second kappa shape index (κ2) is 6.51. The molecule has 0 radical (unpaired) electrons. The molecule has 0 saturated carbocycles. The molecule has 5 heteroatoms. The van der Waals surface area contributed by atoms with E-state index >= 15 is 0 Å². The number of carbonyl (C=O) groups is 2. The first-order chi connectivity index (χ1) is 13.3. The molecule has 2 aliphatic carbocycles. The van der Waals surface area contributed by atoms with Crippen molar-refractivity contribution in [3.8, 4) is 11.1 Å². The Morgan fingerprint density at radius 2 is 1.64 bits per heavy atom. The monoisotopic (exact) mass is 410 g/mol. The second-order valence-corrected chi connectivity index (χ2v) is 13.8. The van der Waals surface area contributed by atoms with Gasteiger partial charge in [0.2, 0.25) is 0 Å². The van der Waals surface area contributed by atoms with Gasteiger partial charge in [0.25, 0.3) is 0 Å². The maximum atomic E-state index is 12.2. The van der Waals surface area contributed by atoms with Gasteiger partial charge in [0.05, 0.1) is 0 Å². The molecule has 0 saturated heterocycles. The van der Waals surface area contributed by atoms with Gasteiger partial charge in [0, 0.05) is 0 Å². The van der Waals surface area contributed by atoms with Crippen molar-refractivity contribution in [1.29, 1.82) is 0 Å². The third-order valence-electron chi connectivity index (χ3n) is 5.54. The predicted molar refractivity (Wildman–Crippen MR) is 107 cm³/mol. The van der Waals surface area contributed by atoms with Crippen LogP contribution in [0, 0.1) is 0 Å². The summed E-state index contributed by atoms with van der Waals surface area (Å²) in [6.07, 6.45) is 7.00. The molecule has 0 aromatic heterocycles. The molecule has 28 heavy (non-hydrogen) atoms. The molecule has 0 bridgehead atoms. The maximum absolute atomic E-state index is 12.2. The molecular formula is C23H22O4Ti. The van der Waals surface area contributed by atoms with Crippen LogP contribution in [0.5, 0.6) is 0 Å². The third kappa shape index (κ3) is 2.76. The zero-order valence-electron chi connectivity index (χ0n) is 16.0. The van der Waals surface area contributed by atoms with Crippen molar-refractivity contribution < 1.29 is 31.8 Å². The quantitative estimate of drug-likeness (QED) is 0.614. The topological polar surface area (TPSA) is 52.6 Å². The third-order valence-corrected chi connectivity index (χ3v) is 12.8. The molecule has 4 nitrogen and oxygen atoms in total. The zero-order valence-corrected chi connectivity index (χ0v) is 17.6. The predicted octanol–water partition coefficient (Wildman–Crippen LogP) is 3.80.